The molecule has 2 aliphatic carbocycles. The molecule has 3 aromatic rings. The second-order valence-corrected chi connectivity index (χ2v) is 11.0. The Morgan fingerprint density at radius 2 is 1.43 bits per heavy atom. The van der Waals surface area contributed by atoms with Crippen molar-refractivity contribution in [2.24, 2.45) is 0 Å². The van der Waals surface area contributed by atoms with E-state index in [0.29, 0.717) is 0 Å². The number of allylic oxidation sites excluding steroid dienone is 4. The molecule has 2 aliphatic rings. The molecule has 37 heavy (non-hydrogen) atoms. The van der Waals surface area contributed by atoms with E-state index in [0.717, 1.165) is 17.9 Å². The van der Waals surface area contributed by atoms with Crippen molar-refractivity contribution in [3.63, 3.8) is 0 Å². The molecule has 5 rings (SSSR count). The van der Waals surface area contributed by atoms with Crippen molar-refractivity contribution in [1.82, 2.24) is 0 Å². The van der Waals surface area contributed by atoms with Crippen molar-refractivity contribution in [2.45, 2.75) is 65.2 Å². The number of hydrogen-bond donors (Lipinski definition) is 0. The van der Waals surface area contributed by atoms with Crippen LogP contribution in [0.2, 0.25) is 5.02 Å². The van der Waals surface area contributed by atoms with E-state index >= 15 is 0 Å². The third-order valence-electron chi connectivity index (χ3n) is 5.79. The zero-order chi connectivity index (χ0) is 26.1. The van der Waals surface area contributed by atoms with Crippen molar-refractivity contribution in [3.8, 4) is 11.1 Å². The molecule has 0 aliphatic heterocycles. The van der Waals surface area contributed by atoms with Gasteiger partial charge in [0, 0.05) is 0 Å². The molecule has 0 amide bonds. The molecule has 0 heterocycles. The topological polar surface area (TPSA) is 0 Å². The van der Waals surface area contributed by atoms with Gasteiger partial charge in [-0.15, -0.1) is 48.4 Å². The van der Waals surface area contributed by atoms with Crippen LogP contribution in [-0.4, -0.2) is 4.21 Å². The average Bonchev–Trinajstić information content (AvgIpc) is 3.51. The summed E-state index contributed by atoms with van der Waals surface area (Å²) in [4.78, 5) is 0. The van der Waals surface area contributed by atoms with Crippen molar-refractivity contribution >= 4 is 40.6 Å². The third-order valence-corrected chi connectivity index (χ3v) is 6.04. The Morgan fingerprint density at radius 3 is 1.86 bits per heavy atom. The normalized spacial score (nSPS) is 12.1. The third kappa shape index (κ3) is 11.2. The van der Waals surface area contributed by atoms with Crippen LogP contribution in [0.3, 0.4) is 0 Å². The Hall–Kier alpha value is -1.24. The van der Waals surface area contributed by atoms with E-state index in [-0.39, 0.29) is 35.6 Å². The van der Waals surface area contributed by atoms with E-state index in [1.54, 1.807) is 24.3 Å². The number of rotatable bonds is 0. The van der Waals surface area contributed by atoms with Gasteiger partial charge in [-0.05, 0) is 17.4 Å². The standard InChI is InChI=1S/C21H25.C6H4Cl.C5H5.CH2.2ClH.Zr/c1-20(2,3)16-9-7-14-11-15-8-10-17(21(4,5)6)13-19(15)18(14)12-16;7-6-4-2-1-3-5-6;1-2-4-5-3-1;;;;/h7,9-10,12-13H,11H2,1-6H3;2-5H;1-3H,4H2;1H2;2*1H;/q3*-1;;;;. The molecule has 0 aromatic heterocycles. The minimum absolute atomic E-state index is 0. The molecule has 3 aromatic carbocycles. The van der Waals surface area contributed by atoms with Gasteiger partial charge < -0.3 is 0 Å². The first-order chi connectivity index (χ1) is 16.6. The van der Waals surface area contributed by atoms with Gasteiger partial charge in [0.2, 0.25) is 0 Å². The summed E-state index contributed by atoms with van der Waals surface area (Å²) in [6.07, 6.45) is 11.0. The molecule has 0 bridgehead atoms. The van der Waals surface area contributed by atoms with E-state index in [9.17, 15) is 0 Å². The summed E-state index contributed by atoms with van der Waals surface area (Å²) < 4.78 is 3.34. The Labute approximate surface area is 257 Å². The molecule has 0 spiro atoms. The molecule has 0 nitrogen and oxygen atoms in total. The SMILES string of the molecule is CC(C)(C)c1c[c-]c2c(c1)-c1cc(C(C)(C)C)ccc1C2.Cl.Cl.Clc1cc[c-]cc1.[C-]1=CC=CC1.[CH2]=[Zr]. The fraction of sp³-hybridized carbons (Fsp3) is 0.303. The predicted molar refractivity (Wildman–Crippen MR) is 164 cm³/mol. The second kappa shape index (κ2) is 16.7. The van der Waals surface area contributed by atoms with Crippen molar-refractivity contribution in [2.75, 3.05) is 0 Å². The van der Waals surface area contributed by atoms with E-state index in [2.05, 4.69) is 100 Å². The average molecular weight is 632 g/mol. The van der Waals surface area contributed by atoms with Gasteiger partial charge in [0.25, 0.3) is 0 Å². The minimum atomic E-state index is 0. The van der Waals surface area contributed by atoms with Crippen LogP contribution < -0.4 is 0 Å². The van der Waals surface area contributed by atoms with Crippen LogP contribution in [0.1, 0.15) is 70.2 Å². The quantitative estimate of drug-likeness (QED) is 0.169. The van der Waals surface area contributed by atoms with E-state index in [1.807, 2.05) is 12.2 Å². The van der Waals surface area contributed by atoms with Gasteiger partial charge in [0.15, 0.2) is 0 Å². The first kappa shape index (κ1) is 35.8. The Morgan fingerprint density at radius 1 is 0.838 bits per heavy atom. The Bertz CT molecular complexity index is 1080. The fourth-order valence-corrected chi connectivity index (χ4v) is 3.82. The molecule has 198 valence electrons. The molecule has 0 atom stereocenters. The molecule has 0 fully saturated rings. The summed E-state index contributed by atoms with van der Waals surface area (Å²) in [7, 11) is 0. The summed E-state index contributed by atoms with van der Waals surface area (Å²) in [5.41, 5.74) is 8.76. The van der Waals surface area contributed by atoms with Crippen LogP contribution in [0.5, 0.6) is 0 Å². The maximum absolute atomic E-state index is 5.52. The molecule has 0 N–H and O–H groups in total. The van der Waals surface area contributed by atoms with Crippen LogP contribution in [0.15, 0.2) is 72.8 Å². The number of benzene rings is 3. The van der Waals surface area contributed by atoms with Crippen molar-refractivity contribution in [3.05, 3.63) is 118 Å². The summed E-state index contributed by atoms with van der Waals surface area (Å²) in [6, 6.07) is 25.1. The van der Waals surface area contributed by atoms with E-state index < -0.39 is 0 Å². The first-order valence-electron chi connectivity index (χ1n) is 11.9. The Balaban J connectivity index is 0.000000668. The Kier molecular flexibility index (Phi) is 16.1. The first-order valence-corrected chi connectivity index (χ1v) is 14.0. The van der Waals surface area contributed by atoms with Crippen LogP contribution in [0.25, 0.3) is 11.1 Å². The van der Waals surface area contributed by atoms with Gasteiger partial charge in [-0.2, -0.15) is 65.7 Å². The van der Waals surface area contributed by atoms with Gasteiger partial charge in [-0.3, -0.25) is 6.08 Å². The van der Waals surface area contributed by atoms with Crippen molar-refractivity contribution < 1.29 is 24.2 Å². The predicted octanol–water partition coefficient (Wildman–Crippen LogP) is 9.91. The summed E-state index contributed by atoms with van der Waals surface area (Å²) in [6.45, 7) is 13.6. The number of hydrogen-bond acceptors (Lipinski definition) is 0. The second-order valence-electron chi connectivity index (χ2n) is 10.6. The molecule has 0 unspecified atom stereocenters. The monoisotopic (exact) mass is 629 g/mol. The number of halogens is 3. The van der Waals surface area contributed by atoms with E-state index in [4.69, 9.17) is 11.6 Å². The van der Waals surface area contributed by atoms with Gasteiger partial charge >= 0.3 is 28.4 Å². The summed E-state index contributed by atoms with van der Waals surface area (Å²) >= 11 is 6.82. The molecule has 0 saturated heterocycles. The molecule has 4 heteroatoms. The van der Waals surface area contributed by atoms with Crippen molar-refractivity contribution in [1.29, 1.82) is 0 Å². The van der Waals surface area contributed by atoms with Gasteiger partial charge in [0.05, 0.1) is 0 Å². The van der Waals surface area contributed by atoms with Crippen LogP contribution >= 0.6 is 36.4 Å². The van der Waals surface area contributed by atoms with E-state index in [1.165, 1.54) is 57.6 Å². The molecule has 0 saturated carbocycles. The van der Waals surface area contributed by atoms with Gasteiger partial charge in [0.1, 0.15) is 0 Å². The fourth-order valence-electron chi connectivity index (χ4n) is 3.69. The van der Waals surface area contributed by atoms with Gasteiger partial charge in [-0.1, -0.05) is 81.3 Å². The summed E-state index contributed by atoms with van der Waals surface area (Å²) in [5, 5.41) is 0.763. The zero-order valence-corrected chi connectivity index (χ0v) is 27.6. The summed E-state index contributed by atoms with van der Waals surface area (Å²) in [5.74, 6) is 0. The molecular formula is C33H38Cl3Zr-3. The zero-order valence-electron chi connectivity index (χ0n) is 22.7. The molecular weight excluding hydrogens is 594 g/mol. The van der Waals surface area contributed by atoms with Gasteiger partial charge in [-0.25, -0.2) is 12.2 Å². The van der Waals surface area contributed by atoms with Crippen LogP contribution in [-0.2, 0) is 41.5 Å². The number of fused-ring (bicyclic) bond motifs is 3. The molecule has 0 radical (unpaired) electrons. The van der Waals surface area contributed by atoms with Crippen LogP contribution in [0.4, 0.5) is 0 Å². The maximum atomic E-state index is 5.52. The van der Waals surface area contributed by atoms with Crippen LogP contribution in [0, 0.1) is 18.2 Å².